The number of aromatic nitrogens is 2. The third-order valence-electron chi connectivity index (χ3n) is 3.23. The van der Waals surface area contributed by atoms with Gasteiger partial charge in [0.15, 0.2) is 0 Å². The highest BCUT2D eigenvalue weighted by Crippen LogP contribution is 2.32. The second kappa shape index (κ2) is 6.51. The van der Waals surface area contributed by atoms with Crippen LogP contribution in [0.1, 0.15) is 31.4 Å². The summed E-state index contributed by atoms with van der Waals surface area (Å²) in [6.07, 6.45) is 3.18. The number of carbonyl (C=O) groups excluding carboxylic acids is 1. The Morgan fingerprint density at radius 3 is 2.85 bits per heavy atom. The molecule has 0 aromatic carbocycles. The Morgan fingerprint density at radius 1 is 1.40 bits per heavy atom. The number of hydrogen-bond donors (Lipinski definition) is 1. The molecule has 1 aromatic rings. The largest absolute Gasteiger partial charge is 0.481 e. The monoisotopic (exact) mass is 281 g/mol. The lowest BCUT2D eigenvalue weighted by atomic mass is 10.1. The molecule has 7 heteroatoms. The summed E-state index contributed by atoms with van der Waals surface area (Å²) < 4.78 is 15.2. The third kappa shape index (κ3) is 2.98. The van der Waals surface area contributed by atoms with Gasteiger partial charge < -0.3 is 14.2 Å². The topological polar surface area (TPSA) is 82.6 Å². The average Bonchev–Trinajstić information content (AvgIpc) is 2.96. The van der Waals surface area contributed by atoms with Gasteiger partial charge in [0.2, 0.25) is 5.88 Å². The lowest BCUT2D eigenvalue weighted by Crippen LogP contribution is -2.33. The number of nitrogens with zero attached hydrogens (tertiary/aromatic N) is 2. The number of esters is 1. The van der Waals surface area contributed by atoms with E-state index in [0.717, 1.165) is 18.4 Å². The zero-order valence-corrected chi connectivity index (χ0v) is 11.9. The molecular weight excluding hydrogens is 262 g/mol. The summed E-state index contributed by atoms with van der Waals surface area (Å²) >= 11 is 0. The van der Waals surface area contributed by atoms with Crippen molar-refractivity contribution in [2.45, 2.75) is 31.8 Å². The maximum absolute atomic E-state index is 11.7. The fourth-order valence-corrected chi connectivity index (χ4v) is 2.28. The highest BCUT2D eigenvalue weighted by molar-refractivity contribution is 5.76. The van der Waals surface area contributed by atoms with E-state index in [9.17, 15) is 4.79 Å². The SMILES string of the molecule is CCOC(=O)[C@@H]1CC[C@H](c2cnc(OC)nc2OC)N1. The van der Waals surface area contributed by atoms with Crippen LogP contribution in [0.2, 0.25) is 0 Å². The summed E-state index contributed by atoms with van der Waals surface area (Å²) in [6, 6.07) is -0.0532. The van der Waals surface area contributed by atoms with Crippen molar-refractivity contribution in [3.05, 3.63) is 11.8 Å². The Morgan fingerprint density at radius 2 is 2.20 bits per heavy atom. The predicted molar refractivity (Wildman–Crippen MR) is 70.7 cm³/mol. The highest BCUT2D eigenvalue weighted by Gasteiger charge is 2.33. The molecule has 0 bridgehead atoms. The molecule has 1 aliphatic rings. The van der Waals surface area contributed by atoms with E-state index in [0.29, 0.717) is 12.5 Å². The van der Waals surface area contributed by atoms with Gasteiger partial charge in [0.05, 0.1) is 20.8 Å². The van der Waals surface area contributed by atoms with Gasteiger partial charge in [0.25, 0.3) is 0 Å². The molecule has 0 spiro atoms. The molecule has 0 amide bonds. The minimum atomic E-state index is -0.285. The van der Waals surface area contributed by atoms with E-state index in [-0.39, 0.29) is 24.1 Å². The first kappa shape index (κ1) is 14.5. The zero-order chi connectivity index (χ0) is 14.5. The van der Waals surface area contributed by atoms with Crippen LogP contribution in [0.15, 0.2) is 6.20 Å². The van der Waals surface area contributed by atoms with Crippen LogP contribution in [-0.4, -0.2) is 42.8 Å². The molecule has 1 aliphatic heterocycles. The number of carbonyl (C=O) groups is 1. The molecule has 1 saturated heterocycles. The summed E-state index contributed by atoms with van der Waals surface area (Å²) in [5.74, 6) is 0.238. The maximum Gasteiger partial charge on any atom is 0.323 e. The molecule has 110 valence electrons. The minimum absolute atomic E-state index is 0.0229. The summed E-state index contributed by atoms with van der Waals surface area (Å²) in [5, 5.41) is 3.23. The normalized spacial score (nSPS) is 21.6. The molecule has 0 radical (unpaired) electrons. The Bertz CT molecular complexity index is 481. The van der Waals surface area contributed by atoms with Crippen molar-refractivity contribution in [1.29, 1.82) is 0 Å². The van der Waals surface area contributed by atoms with Crippen LogP contribution < -0.4 is 14.8 Å². The number of rotatable bonds is 5. The molecule has 1 N–H and O–H groups in total. The van der Waals surface area contributed by atoms with Crippen LogP contribution in [-0.2, 0) is 9.53 Å². The summed E-state index contributed by atoms with van der Waals surface area (Å²) in [7, 11) is 3.04. The van der Waals surface area contributed by atoms with Crippen molar-refractivity contribution >= 4 is 5.97 Å². The van der Waals surface area contributed by atoms with E-state index in [1.165, 1.54) is 7.11 Å². The third-order valence-corrected chi connectivity index (χ3v) is 3.23. The zero-order valence-electron chi connectivity index (χ0n) is 11.9. The molecule has 0 aliphatic carbocycles. The van der Waals surface area contributed by atoms with Crippen LogP contribution in [0.25, 0.3) is 0 Å². The number of hydrogen-bond acceptors (Lipinski definition) is 7. The van der Waals surface area contributed by atoms with Crippen LogP contribution in [0, 0.1) is 0 Å². The van der Waals surface area contributed by atoms with Crippen molar-refractivity contribution in [2.24, 2.45) is 0 Å². The van der Waals surface area contributed by atoms with Crippen LogP contribution in [0.3, 0.4) is 0 Å². The lowest BCUT2D eigenvalue weighted by Gasteiger charge is -2.15. The van der Waals surface area contributed by atoms with Gasteiger partial charge in [0.1, 0.15) is 6.04 Å². The van der Waals surface area contributed by atoms with Crippen molar-refractivity contribution < 1.29 is 19.0 Å². The smallest absolute Gasteiger partial charge is 0.323 e. The second-order valence-corrected chi connectivity index (χ2v) is 4.42. The van der Waals surface area contributed by atoms with E-state index in [1.807, 2.05) is 0 Å². The number of ether oxygens (including phenoxy) is 3. The molecule has 1 aromatic heterocycles. The first-order chi connectivity index (χ1) is 9.69. The average molecular weight is 281 g/mol. The Kier molecular flexibility index (Phi) is 4.73. The van der Waals surface area contributed by atoms with Crippen LogP contribution >= 0.6 is 0 Å². The fourth-order valence-electron chi connectivity index (χ4n) is 2.28. The van der Waals surface area contributed by atoms with Gasteiger partial charge in [-0.05, 0) is 19.8 Å². The Balaban J connectivity index is 2.11. The van der Waals surface area contributed by atoms with Crippen LogP contribution in [0.4, 0.5) is 0 Å². The van der Waals surface area contributed by atoms with Crippen molar-refractivity contribution in [3.63, 3.8) is 0 Å². The van der Waals surface area contributed by atoms with Crippen LogP contribution in [0.5, 0.6) is 11.9 Å². The molecule has 20 heavy (non-hydrogen) atoms. The molecule has 1 fully saturated rings. The summed E-state index contributed by atoms with van der Waals surface area (Å²) in [4.78, 5) is 19.9. The Labute approximate surface area is 117 Å². The molecule has 0 unspecified atom stereocenters. The van der Waals surface area contributed by atoms with E-state index >= 15 is 0 Å². The predicted octanol–water partition coefficient (Wildman–Crippen LogP) is 0.850. The van der Waals surface area contributed by atoms with Crippen molar-refractivity contribution in [1.82, 2.24) is 15.3 Å². The second-order valence-electron chi connectivity index (χ2n) is 4.42. The fraction of sp³-hybridized carbons (Fsp3) is 0.615. The molecule has 0 saturated carbocycles. The standard InChI is InChI=1S/C13H19N3O4/c1-4-20-12(17)10-6-5-9(15-10)8-7-14-13(19-3)16-11(8)18-2/h7,9-10,15H,4-6H2,1-3H3/t9-,10+/m1/s1. The first-order valence-electron chi connectivity index (χ1n) is 6.57. The van der Waals surface area contributed by atoms with Gasteiger partial charge >= 0.3 is 12.0 Å². The van der Waals surface area contributed by atoms with Crippen molar-refractivity contribution in [2.75, 3.05) is 20.8 Å². The number of methoxy groups -OCH3 is 2. The Hall–Kier alpha value is -1.89. The van der Waals surface area contributed by atoms with Gasteiger partial charge in [-0.1, -0.05) is 0 Å². The van der Waals surface area contributed by atoms with E-state index in [4.69, 9.17) is 14.2 Å². The maximum atomic E-state index is 11.7. The summed E-state index contributed by atoms with van der Waals surface area (Å²) in [5.41, 5.74) is 0.820. The molecule has 2 heterocycles. The molecule has 7 nitrogen and oxygen atoms in total. The highest BCUT2D eigenvalue weighted by atomic mass is 16.5. The number of nitrogens with one attached hydrogen (secondary N) is 1. The van der Waals surface area contributed by atoms with E-state index in [1.54, 1.807) is 20.2 Å². The van der Waals surface area contributed by atoms with Gasteiger partial charge in [-0.2, -0.15) is 4.98 Å². The quantitative estimate of drug-likeness (QED) is 0.801. The van der Waals surface area contributed by atoms with E-state index in [2.05, 4.69) is 15.3 Å². The van der Waals surface area contributed by atoms with Gasteiger partial charge in [0, 0.05) is 17.8 Å². The molecule has 2 rings (SSSR count). The van der Waals surface area contributed by atoms with Gasteiger partial charge in [-0.3, -0.25) is 10.1 Å². The molecule has 2 atom stereocenters. The first-order valence-corrected chi connectivity index (χ1v) is 6.57. The minimum Gasteiger partial charge on any atom is -0.481 e. The van der Waals surface area contributed by atoms with Gasteiger partial charge in [-0.15, -0.1) is 0 Å². The van der Waals surface area contributed by atoms with Gasteiger partial charge in [-0.25, -0.2) is 4.98 Å². The van der Waals surface area contributed by atoms with Crippen molar-refractivity contribution in [3.8, 4) is 11.9 Å². The lowest BCUT2D eigenvalue weighted by molar-refractivity contribution is -0.145. The van der Waals surface area contributed by atoms with E-state index < -0.39 is 0 Å². The molecular formula is C13H19N3O4. The summed E-state index contributed by atoms with van der Waals surface area (Å²) in [6.45, 7) is 2.18.